The molecule has 0 saturated heterocycles. The van der Waals surface area contributed by atoms with Gasteiger partial charge in [-0.2, -0.15) is 0 Å². The van der Waals surface area contributed by atoms with Crippen LogP contribution in [0.1, 0.15) is 17.0 Å². The largest absolute Gasteiger partial charge is 0.484 e. The molecule has 0 radical (unpaired) electrons. The van der Waals surface area contributed by atoms with Crippen molar-refractivity contribution in [3.63, 3.8) is 0 Å². The molecule has 11 rings (SSSR count). The number of nitrogens with zero attached hydrogens (tertiary/aromatic N) is 3. The van der Waals surface area contributed by atoms with Gasteiger partial charge in [0.1, 0.15) is 23.0 Å². The van der Waals surface area contributed by atoms with Gasteiger partial charge in [-0.1, -0.05) is 140 Å². The van der Waals surface area contributed by atoms with E-state index in [2.05, 4.69) is 133 Å². The highest BCUT2D eigenvalue weighted by molar-refractivity contribution is 6.06. The van der Waals surface area contributed by atoms with Crippen molar-refractivity contribution in [2.45, 2.75) is 12.0 Å². The average molecular weight is 694 g/mol. The van der Waals surface area contributed by atoms with E-state index >= 15 is 0 Å². The molecule has 5 nitrogen and oxygen atoms in total. The number of aromatic nitrogens is 3. The molecule has 9 aromatic rings. The van der Waals surface area contributed by atoms with Gasteiger partial charge in [-0.25, -0.2) is 15.0 Å². The van der Waals surface area contributed by atoms with Gasteiger partial charge in [0, 0.05) is 44.5 Å². The molecule has 0 saturated carbocycles. The number of para-hydroxylation sites is 1. The number of rotatable bonds is 5. The smallest absolute Gasteiger partial charge is 0.164 e. The summed E-state index contributed by atoms with van der Waals surface area (Å²) in [5, 5.41) is 4.38. The Morgan fingerprint density at radius 1 is 0.463 bits per heavy atom. The van der Waals surface area contributed by atoms with Crippen molar-refractivity contribution in [2.75, 3.05) is 0 Å². The summed E-state index contributed by atoms with van der Waals surface area (Å²) >= 11 is 0. The summed E-state index contributed by atoms with van der Waals surface area (Å²) in [4.78, 5) is 15.5. The zero-order valence-corrected chi connectivity index (χ0v) is 29.1. The number of fused-ring (bicyclic) bond motifs is 7. The van der Waals surface area contributed by atoms with E-state index in [9.17, 15) is 0 Å². The van der Waals surface area contributed by atoms with Crippen LogP contribution in [0.15, 0.2) is 180 Å². The summed E-state index contributed by atoms with van der Waals surface area (Å²) in [5.74, 6) is 2.66. The number of allylic oxidation sites excluding steroid dienone is 2. The lowest BCUT2D eigenvalue weighted by Gasteiger charge is -2.23. The van der Waals surface area contributed by atoms with Crippen molar-refractivity contribution in [3.8, 4) is 51.0 Å². The maximum Gasteiger partial charge on any atom is 0.164 e. The molecule has 7 aromatic carbocycles. The van der Waals surface area contributed by atoms with Crippen LogP contribution in [0.4, 0.5) is 0 Å². The molecular weight excluding hydrogens is 663 g/mol. The van der Waals surface area contributed by atoms with Crippen LogP contribution < -0.4 is 4.74 Å². The molecule has 2 aromatic heterocycles. The molecule has 2 atom stereocenters. The van der Waals surface area contributed by atoms with E-state index in [0.717, 1.165) is 66.5 Å². The Kier molecular flexibility index (Phi) is 6.92. The standard InChI is InChI=1S/C49H31N3O2/c1-2-10-30(11-3-1)32-20-23-33(24-21-32)37-15-8-16-39-45-40(17-9-19-44(45)54-46(37)39)49-51-47(35-25-22-31-12-4-5-13-34(31)28-35)50-48(52-49)36-26-27-43-41(29-36)38-14-6-7-18-42(38)53-43/h1-29,39,46H. The Balaban J connectivity index is 1.03. The lowest BCUT2D eigenvalue weighted by molar-refractivity contribution is 0.278. The Bertz CT molecular complexity index is 2980. The fraction of sp³-hybridized carbons (Fsp3) is 0.0408. The van der Waals surface area contributed by atoms with E-state index in [1.54, 1.807) is 0 Å². The molecule has 0 spiro atoms. The van der Waals surface area contributed by atoms with Gasteiger partial charge in [-0.05, 0) is 63.9 Å². The van der Waals surface area contributed by atoms with Crippen molar-refractivity contribution in [1.82, 2.24) is 15.0 Å². The van der Waals surface area contributed by atoms with Crippen LogP contribution in [0.2, 0.25) is 0 Å². The van der Waals surface area contributed by atoms with Crippen LogP contribution in [0, 0.1) is 0 Å². The Morgan fingerprint density at radius 2 is 1.13 bits per heavy atom. The van der Waals surface area contributed by atoms with E-state index in [4.69, 9.17) is 24.1 Å². The van der Waals surface area contributed by atoms with Gasteiger partial charge in [0.05, 0.1) is 0 Å². The van der Waals surface area contributed by atoms with Crippen LogP contribution in [-0.4, -0.2) is 21.1 Å². The third-order valence-corrected chi connectivity index (χ3v) is 10.7. The van der Waals surface area contributed by atoms with Crippen LogP contribution in [0.3, 0.4) is 0 Å². The molecule has 54 heavy (non-hydrogen) atoms. The molecule has 3 heterocycles. The topological polar surface area (TPSA) is 61.0 Å². The third kappa shape index (κ3) is 5.05. The first-order chi connectivity index (χ1) is 26.7. The van der Waals surface area contributed by atoms with Gasteiger partial charge < -0.3 is 9.15 Å². The minimum Gasteiger partial charge on any atom is -0.484 e. The zero-order chi connectivity index (χ0) is 35.6. The number of hydrogen-bond donors (Lipinski definition) is 0. The van der Waals surface area contributed by atoms with Crippen molar-refractivity contribution in [3.05, 3.63) is 187 Å². The second-order valence-corrected chi connectivity index (χ2v) is 13.9. The summed E-state index contributed by atoms with van der Waals surface area (Å²) < 4.78 is 13.0. The van der Waals surface area contributed by atoms with Crippen molar-refractivity contribution >= 4 is 38.3 Å². The van der Waals surface area contributed by atoms with Crippen LogP contribution in [0.25, 0.3) is 83.6 Å². The molecule has 254 valence electrons. The molecular formula is C49H31N3O2. The number of ether oxygens (including phenoxy) is 1. The summed E-state index contributed by atoms with van der Waals surface area (Å²) in [6.07, 6.45) is 6.40. The van der Waals surface area contributed by atoms with Crippen molar-refractivity contribution in [2.24, 2.45) is 0 Å². The second kappa shape index (κ2) is 12.2. The Morgan fingerprint density at radius 3 is 2.00 bits per heavy atom. The highest BCUT2D eigenvalue weighted by atomic mass is 16.5. The maximum atomic E-state index is 6.81. The van der Waals surface area contributed by atoms with E-state index in [1.807, 2.05) is 42.5 Å². The fourth-order valence-electron chi connectivity index (χ4n) is 8.07. The number of hydrogen-bond acceptors (Lipinski definition) is 5. The monoisotopic (exact) mass is 693 g/mol. The Hall–Kier alpha value is -7.11. The molecule has 1 aliphatic carbocycles. The second-order valence-electron chi connectivity index (χ2n) is 13.9. The molecule has 0 bridgehead atoms. The van der Waals surface area contributed by atoms with Crippen molar-refractivity contribution in [1.29, 1.82) is 0 Å². The molecule has 0 N–H and O–H groups in total. The summed E-state index contributed by atoms with van der Waals surface area (Å²) in [6.45, 7) is 0. The first kappa shape index (κ1) is 30.5. The summed E-state index contributed by atoms with van der Waals surface area (Å²) in [6, 6.07) is 54.5. The van der Waals surface area contributed by atoms with Gasteiger partial charge >= 0.3 is 0 Å². The first-order valence-electron chi connectivity index (χ1n) is 18.2. The predicted octanol–water partition coefficient (Wildman–Crippen LogP) is 12.1. The Labute approximate surface area is 311 Å². The summed E-state index contributed by atoms with van der Waals surface area (Å²) in [5.41, 5.74) is 10.2. The van der Waals surface area contributed by atoms with Crippen LogP contribution >= 0.6 is 0 Å². The first-order valence-corrected chi connectivity index (χ1v) is 18.2. The quantitative estimate of drug-likeness (QED) is 0.180. The molecule has 1 aliphatic heterocycles. The number of benzene rings is 7. The van der Waals surface area contributed by atoms with Gasteiger partial charge in [-0.15, -0.1) is 0 Å². The lowest BCUT2D eigenvalue weighted by atomic mass is 9.82. The molecule has 0 amide bonds. The van der Waals surface area contributed by atoms with E-state index < -0.39 is 0 Å². The highest BCUT2D eigenvalue weighted by Crippen LogP contribution is 2.49. The molecule has 2 unspecified atom stereocenters. The van der Waals surface area contributed by atoms with E-state index in [-0.39, 0.29) is 12.0 Å². The van der Waals surface area contributed by atoms with Crippen LogP contribution in [-0.2, 0) is 0 Å². The van der Waals surface area contributed by atoms with Crippen molar-refractivity contribution < 1.29 is 9.15 Å². The minimum atomic E-state index is -0.174. The molecule has 2 aliphatic rings. The fourth-order valence-corrected chi connectivity index (χ4v) is 8.07. The maximum absolute atomic E-state index is 6.81. The normalized spacial score (nSPS) is 16.0. The molecule has 5 heteroatoms. The SMILES string of the molecule is C1=CC2c3c(cccc3-c3nc(-c4ccc5ccccc5c4)nc(-c4ccc5oc6ccccc6c5c4)n3)OC2C(c2ccc(-c3ccccc3)cc2)=C1. The van der Waals surface area contributed by atoms with Gasteiger partial charge in [-0.3, -0.25) is 0 Å². The zero-order valence-electron chi connectivity index (χ0n) is 29.1. The summed E-state index contributed by atoms with van der Waals surface area (Å²) in [7, 11) is 0. The third-order valence-electron chi connectivity index (χ3n) is 10.7. The molecule has 0 fully saturated rings. The van der Waals surface area contributed by atoms with Crippen LogP contribution in [0.5, 0.6) is 5.75 Å². The lowest BCUT2D eigenvalue weighted by Crippen LogP contribution is -2.21. The predicted molar refractivity (Wildman–Crippen MR) is 217 cm³/mol. The van der Waals surface area contributed by atoms with E-state index in [0.29, 0.717) is 17.5 Å². The van der Waals surface area contributed by atoms with E-state index in [1.165, 1.54) is 16.5 Å². The van der Waals surface area contributed by atoms with Gasteiger partial charge in [0.15, 0.2) is 17.5 Å². The number of furan rings is 1. The average Bonchev–Trinajstić information content (AvgIpc) is 3.82. The minimum absolute atomic E-state index is 0.0111. The van der Waals surface area contributed by atoms with Gasteiger partial charge in [0.25, 0.3) is 0 Å². The highest BCUT2D eigenvalue weighted by Gasteiger charge is 2.39. The van der Waals surface area contributed by atoms with Gasteiger partial charge in [0.2, 0.25) is 0 Å².